The predicted molar refractivity (Wildman–Crippen MR) is 68.2 cm³/mol. The summed E-state index contributed by atoms with van der Waals surface area (Å²) in [6.45, 7) is 4.43. The number of hydrogen-bond acceptors (Lipinski definition) is 2. The molecule has 0 N–H and O–H groups in total. The molecule has 1 saturated carbocycles. The average Bonchev–Trinajstić information content (AvgIpc) is 3.19. The number of carbonyl (C=O) groups is 1. The molecule has 1 aliphatic carbocycles. The Morgan fingerprint density at radius 3 is 2.53 bits per heavy atom. The van der Waals surface area contributed by atoms with E-state index in [2.05, 4.69) is 0 Å². The van der Waals surface area contributed by atoms with Crippen LogP contribution in [0.4, 0.5) is 0 Å². The highest BCUT2D eigenvalue weighted by atomic mass is 35.5. The summed E-state index contributed by atoms with van der Waals surface area (Å²) >= 11 is 6.11. The van der Waals surface area contributed by atoms with Gasteiger partial charge in [-0.15, -0.1) is 11.6 Å². The summed E-state index contributed by atoms with van der Waals surface area (Å²) in [5.74, 6) is 0.857. The van der Waals surface area contributed by atoms with Crippen molar-refractivity contribution in [2.75, 3.05) is 19.8 Å². The van der Waals surface area contributed by atoms with Crippen LogP contribution in [-0.4, -0.2) is 42.0 Å². The smallest absolute Gasteiger partial charge is 0.240 e. The van der Waals surface area contributed by atoms with Crippen LogP contribution in [0.25, 0.3) is 0 Å². The third kappa shape index (κ3) is 3.59. The lowest BCUT2D eigenvalue weighted by molar-refractivity contribution is -0.135. The standard InChI is InChI=1S/C13H22ClNO2/c1-2-12(14)13(16)15(9-10-3-4-10)11-5-7-17-8-6-11/h10-12H,2-9H2,1H3. The molecule has 0 aromatic heterocycles. The summed E-state index contributed by atoms with van der Waals surface area (Å²) in [5.41, 5.74) is 0. The van der Waals surface area contributed by atoms with E-state index in [1.807, 2.05) is 11.8 Å². The summed E-state index contributed by atoms with van der Waals surface area (Å²) in [6.07, 6.45) is 5.18. The number of hydrogen-bond donors (Lipinski definition) is 0. The van der Waals surface area contributed by atoms with Gasteiger partial charge in [0.1, 0.15) is 5.38 Å². The van der Waals surface area contributed by atoms with E-state index in [0.717, 1.165) is 38.5 Å². The summed E-state index contributed by atoms with van der Waals surface area (Å²) in [4.78, 5) is 14.3. The van der Waals surface area contributed by atoms with E-state index in [0.29, 0.717) is 12.5 Å². The molecule has 17 heavy (non-hydrogen) atoms. The largest absolute Gasteiger partial charge is 0.381 e. The maximum absolute atomic E-state index is 12.3. The van der Waals surface area contributed by atoms with E-state index in [1.54, 1.807) is 0 Å². The van der Waals surface area contributed by atoms with Gasteiger partial charge in [-0.05, 0) is 38.0 Å². The van der Waals surface area contributed by atoms with Crippen molar-refractivity contribution in [3.63, 3.8) is 0 Å². The zero-order valence-electron chi connectivity index (χ0n) is 10.5. The van der Waals surface area contributed by atoms with Gasteiger partial charge in [-0.1, -0.05) is 6.92 Å². The van der Waals surface area contributed by atoms with Crippen LogP contribution in [0.1, 0.15) is 39.0 Å². The highest BCUT2D eigenvalue weighted by molar-refractivity contribution is 6.30. The number of nitrogens with zero attached hydrogens (tertiary/aromatic N) is 1. The van der Waals surface area contributed by atoms with E-state index in [-0.39, 0.29) is 11.3 Å². The van der Waals surface area contributed by atoms with Crippen LogP contribution in [-0.2, 0) is 9.53 Å². The second-order valence-electron chi connectivity index (χ2n) is 5.15. The Kier molecular flexibility index (Phi) is 4.69. The van der Waals surface area contributed by atoms with E-state index in [4.69, 9.17) is 16.3 Å². The van der Waals surface area contributed by atoms with Crippen molar-refractivity contribution in [2.45, 2.75) is 50.4 Å². The highest BCUT2D eigenvalue weighted by Gasteiger charge is 2.33. The molecule has 1 heterocycles. The number of amides is 1. The zero-order chi connectivity index (χ0) is 12.3. The maximum atomic E-state index is 12.3. The maximum Gasteiger partial charge on any atom is 0.240 e. The molecule has 0 radical (unpaired) electrons. The number of rotatable bonds is 5. The Morgan fingerprint density at radius 1 is 1.35 bits per heavy atom. The van der Waals surface area contributed by atoms with Crippen molar-refractivity contribution in [1.82, 2.24) is 4.90 Å². The van der Waals surface area contributed by atoms with Crippen LogP contribution in [0.3, 0.4) is 0 Å². The van der Waals surface area contributed by atoms with E-state index in [9.17, 15) is 4.79 Å². The fourth-order valence-corrected chi connectivity index (χ4v) is 2.47. The molecule has 2 fully saturated rings. The molecule has 0 aromatic rings. The van der Waals surface area contributed by atoms with Crippen molar-refractivity contribution >= 4 is 17.5 Å². The Balaban J connectivity index is 1.97. The van der Waals surface area contributed by atoms with Crippen molar-refractivity contribution in [3.05, 3.63) is 0 Å². The number of halogens is 1. The molecule has 2 aliphatic rings. The van der Waals surface area contributed by atoms with Crippen molar-refractivity contribution < 1.29 is 9.53 Å². The Morgan fingerprint density at radius 2 is 2.00 bits per heavy atom. The molecule has 0 spiro atoms. The zero-order valence-corrected chi connectivity index (χ0v) is 11.3. The lowest BCUT2D eigenvalue weighted by atomic mass is 10.1. The molecule has 1 unspecified atom stereocenters. The normalized spacial score (nSPS) is 23.4. The van der Waals surface area contributed by atoms with Crippen molar-refractivity contribution in [2.24, 2.45) is 5.92 Å². The first kappa shape index (κ1) is 13.2. The van der Waals surface area contributed by atoms with Gasteiger partial charge >= 0.3 is 0 Å². The van der Waals surface area contributed by atoms with Gasteiger partial charge < -0.3 is 9.64 Å². The van der Waals surface area contributed by atoms with E-state index in [1.165, 1.54) is 12.8 Å². The van der Waals surface area contributed by atoms with Crippen LogP contribution < -0.4 is 0 Å². The molecule has 0 aromatic carbocycles. The molecule has 1 atom stereocenters. The fraction of sp³-hybridized carbons (Fsp3) is 0.923. The second kappa shape index (κ2) is 6.05. The Bertz CT molecular complexity index is 262. The van der Waals surface area contributed by atoms with Gasteiger partial charge in [0.05, 0.1) is 0 Å². The Labute approximate surface area is 108 Å². The first-order chi connectivity index (χ1) is 8.22. The molecular weight excluding hydrogens is 238 g/mol. The monoisotopic (exact) mass is 259 g/mol. The first-order valence-electron chi connectivity index (χ1n) is 6.74. The highest BCUT2D eigenvalue weighted by Crippen LogP contribution is 2.32. The Hall–Kier alpha value is -0.280. The molecule has 1 amide bonds. The fourth-order valence-electron chi connectivity index (χ4n) is 2.35. The lowest BCUT2D eigenvalue weighted by Gasteiger charge is -2.35. The summed E-state index contributed by atoms with van der Waals surface area (Å²) < 4.78 is 5.37. The predicted octanol–water partition coefficient (Wildman–Crippen LogP) is 2.42. The molecule has 2 rings (SSSR count). The van der Waals surface area contributed by atoms with Gasteiger partial charge in [0.2, 0.25) is 5.91 Å². The average molecular weight is 260 g/mol. The molecular formula is C13H22ClNO2. The van der Waals surface area contributed by atoms with Gasteiger partial charge in [0, 0.05) is 25.8 Å². The van der Waals surface area contributed by atoms with Gasteiger partial charge in [-0.2, -0.15) is 0 Å². The lowest BCUT2D eigenvalue weighted by Crippen LogP contribution is -2.47. The molecule has 1 saturated heterocycles. The molecule has 98 valence electrons. The van der Waals surface area contributed by atoms with Crippen molar-refractivity contribution in [1.29, 1.82) is 0 Å². The SMILES string of the molecule is CCC(Cl)C(=O)N(CC1CC1)C1CCOCC1. The second-order valence-corrected chi connectivity index (χ2v) is 5.68. The number of ether oxygens (including phenoxy) is 1. The minimum atomic E-state index is -0.350. The van der Waals surface area contributed by atoms with E-state index >= 15 is 0 Å². The topological polar surface area (TPSA) is 29.5 Å². The molecule has 3 nitrogen and oxygen atoms in total. The summed E-state index contributed by atoms with van der Waals surface area (Å²) in [7, 11) is 0. The van der Waals surface area contributed by atoms with Gasteiger partial charge in [-0.25, -0.2) is 0 Å². The minimum absolute atomic E-state index is 0.132. The number of carbonyl (C=O) groups excluding carboxylic acids is 1. The van der Waals surface area contributed by atoms with Crippen LogP contribution in [0.2, 0.25) is 0 Å². The molecule has 0 bridgehead atoms. The van der Waals surface area contributed by atoms with Crippen molar-refractivity contribution in [3.8, 4) is 0 Å². The first-order valence-corrected chi connectivity index (χ1v) is 7.18. The molecule has 1 aliphatic heterocycles. The summed E-state index contributed by atoms with van der Waals surface area (Å²) in [5, 5.41) is -0.350. The third-order valence-corrected chi connectivity index (χ3v) is 4.19. The number of alkyl halides is 1. The van der Waals surface area contributed by atoms with Crippen LogP contribution in [0, 0.1) is 5.92 Å². The van der Waals surface area contributed by atoms with Crippen LogP contribution >= 0.6 is 11.6 Å². The third-order valence-electron chi connectivity index (χ3n) is 3.69. The van der Waals surface area contributed by atoms with Gasteiger partial charge in [0.15, 0.2) is 0 Å². The van der Waals surface area contributed by atoms with Gasteiger partial charge in [-0.3, -0.25) is 4.79 Å². The van der Waals surface area contributed by atoms with Crippen LogP contribution in [0.15, 0.2) is 0 Å². The quantitative estimate of drug-likeness (QED) is 0.710. The molecule has 4 heteroatoms. The minimum Gasteiger partial charge on any atom is -0.381 e. The van der Waals surface area contributed by atoms with Gasteiger partial charge in [0.25, 0.3) is 0 Å². The summed E-state index contributed by atoms with van der Waals surface area (Å²) in [6, 6.07) is 0.352. The van der Waals surface area contributed by atoms with Crippen LogP contribution in [0.5, 0.6) is 0 Å². The van der Waals surface area contributed by atoms with E-state index < -0.39 is 0 Å².